The van der Waals surface area contributed by atoms with E-state index in [4.69, 9.17) is 11.6 Å². The molecule has 0 aromatic heterocycles. The summed E-state index contributed by atoms with van der Waals surface area (Å²) in [5, 5.41) is -0.630. The molecule has 0 aromatic rings. The van der Waals surface area contributed by atoms with Gasteiger partial charge in [-0.25, -0.2) is 4.79 Å². The molecule has 0 atom stereocenters. The Hall–Kier alpha value is -0.610. The Morgan fingerprint density at radius 1 is 1.36 bits per heavy atom. The van der Waals surface area contributed by atoms with Crippen LogP contribution in [0.1, 0.15) is 6.92 Å². The van der Waals surface area contributed by atoms with Crippen molar-refractivity contribution in [3.63, 3.8) is 0 Å². The van der Waals surface area contributed by atoms with Gasteiger partial charge in [0.1, 0.15) is 13.2 Å². The first-order chi connectivity index (χ1) is 5.16. The summed E-state index contributed by atoms with van der Waals surface area (Å²) in [4.78, 5) is 20.6. The van der Waals surface area contributed by atoms with E-state index in [0.29, 0.717) is 6.61 Å². The molecule has 5 heteroatoms. The molecule has 0 amide bonds. The van der Waals surface area contributed by atoms with E-state index >= 15 is 0 Å². The summed E-state index contributed by atoms with van der Waals surface area (Å²) < 4.78 is 9.06. The van der Waals surface area contributed by atoms with Crippen LogP contribution in [0.5, 0.6) is 0 Å². The molecule has 0 rings (SSSR count). The Kier molecular flexibility index (Phi) is 5.78. The monoisotopic (exact) mass is 180 g/mol. The molecule has 0 spiro atoms. The van der Waals surface area contributed by atoms with Gasteiger partial charge in [-0.1, -0.05) is 0 Å². The Morgan fingerprint density at radius 2 is 2.00 bits per heavy atom. The van der Waals surface area contributed by atoms with Crippen LogP contribution in [0.3, 0.4) is 0 Å². The normalized spacial score (nSPS) is 9.27. The molecular weight excluding hydrogens is 172 g/mol. The fourth-order valence-corrected chi connectivity index (χ4v) is 0.494. The lowest BCUT2D eigenvalue weighted by molar-refractivity contribution is -0.148. The summed E-state index contributed by atoms with van der Waals surface area (Å²) in [6.07, 6.45) is 0. The molecule has 0 heterocycles. The average molecular weight is 181 g/mol. The molecule has 64 valence electrons. The highest BCUT2D eigenvalue weighted by Crippen LogP contribution is 1.84. The van der Waals surface area contributed by atoms with Gasteiger partial charge in [0, 0.05) is 0 Å². The van der Waals surface area contributed by atoms with Crippen molar-refractivity contribution in [1.82, 2.24) is 0 Å². The molecule has 0 aliphatic carbocycles. The first kappa shape index (κ1) is 10.4. The maximum Gasteiger partial charge on any atom is 0.332 e. The lowest BCUT2D eigenvalue weighted by atomic mass is 10.7. The molecule has 0 radical (unpaired) electrons. The molecule has 0 fully saturated rings. The van der Waals surface area contributed by atoms with Crippen LogP contribution in [0, 0.1) is 0 Å². The summed E-state index contributed by atoms with van der Waals surface area (Å²) in [6, 6.07) is 0. The van der Waals surface area contributed by atoms with Crippen molar-refractivity contribution >= 4 is 22.8 Å². The van der Waals surface area contributed by atoms with Crippen LogP contribution in [0.25, 0.3) is 0 Å². The van der Waals surface area contributed by atoms with E-state index in [1.54, 1.807) is 6.92 Å². The van der Waals surface area contributed by atoms with Gasteiger partial charge in [-0.3, -0.25) is 4.79 Å². The zero-order valence-corrected chi connectivity index (χ0v) is 6.89. The Balaban J connectivity index is 3.24. The maximum absolute atomic E-state index is 10.5. The maximum atomic E-state index is 10.5. The van der Waals surface area contributed by atoms with E-state index in [9.17, 15) is 9.59 Å². The summed E-state index contributed by atoms with van der Waals surface area (Å²) in [7, 11) is 0. The highest BCUT2D eigenvalue weighted by atomic mass is 35.5. The van der Waals surface area contributed by atoms with Crippen molar-refractivity contribution in [2.24, 2.45) is 0 Å². The van der Waals surface area contributed by atoms with Crippen LogP contribution in [0.15, 0.2) is 0 Å². The van der Waals surface area contributed by atoms with Crippen LogP contribution < -0.4 is 0 Å². The second kappa shape index (κ2) is 6.12. The quantitative estimate of drug-likeness (QED) is 0.452. The van der Waals surface area contributed by atoms with Crippen molar-refractivity contribution in [1.29, 1.82) is 0 Å². The minimum absolute atomic E-state index is 0.230. The van der Waals surface area contributed by atoms with Gasteiger partial charge < -0.3 is 9.47 Å². The molecular formula is C6H9ClO4. The summed E-state index contributed by atoms with van der Waals surface area (Å²) in [5.41, 5.74) is 0. The highest BCUT2D eigenvalue weighted by molar-refractivity contribution is 6.63. The number of carbonyl (C=O) groups is 2. The molecule has 0 N–H and O–H groups in total. The first-order valence-electron chi connectivity index (χ1n) is 3.08. The van der Waals surface area contributed by atoms with Crippen molar-refractivity contribution in [3.05, 3.63) is 0 Å². The summed E-state index contributed by atoms with van der Waals surface area (Å²) in [6.45, 7) is 1.49. The lowest BCUT2D eigenvalue weighted by Crippen LogP contribution is -2.14. The Labute approximate surface area is 69.4 Å². The Morgan fingerprint density at radius 3 is 2.45 bits per heavy atom. The average Bonchev–Trinajstić information content (AvgIpc) is 1.87. The number of ether oxygens (including phenoxy) is 2. The van der Waals surface area contributed by atoms with Crippen molar-refractivity contribution < 1.29 is 19.1 Å². The van der Waals surface area contributed by atoms with E-state index in [-0.39, 0.29) is 13.2 Å². The largest absolute Gasteiger partial charge is 0.464 e. The minimum atomic E-state index is -0.630. The van der Waals surface area contributed by atoms with Gasteiger partial charge in [-0.2, -0.15) is 0 Å². The standard InChI is InChI=1S/C6H9ClO4/c1-2-11-6(9)4-10-3-5(7)8/h2-4H2,1H3. The minimum Gasteiger partial charge on any atom is -0.464 e. The number of halogens is 1. The third-order valence-corrected chi connectivity index (χ3v) is 0.850. The fraction of sp³-hybridized carbons (Fsp3) is 0.667. The van der Waals surface area contributed by atoms with E-state index in [1.165, 1.54) is 0 Å². The fourth-order valence-electron chi connectivity index (χ4n) is 0.417. The van der Waals surface area contributed by atoms with Crippen LogP contribution in [-0.2, 0) is 19.1 Å². The number of hydrogen-bond donors (Lipinski definition) is 0. The van der Waals surface area contributed by atoms with E-state index in [1.807, 2.05) is 0 Å². The van der Waals surface area contributed by atoms with Gasteiger partial charge in [0.05, 0.1) is 6.61 Å². The first-order valence-corrected chi connectivity index (χ1v) is 3.46. The topological polar surface area (TPSA) is 52.6 Å². The molecule has 0 aliphatic heterocycles. The SMILES string of the molecule is CCOC(=O)COCC(=O)Cl. The van der Waals surface area contributed by atoms with E-state index in [2.05, 4.69) is 9.47 Å². The zero-order chi connectivity index (χ0) is 8.69. The van der Waals surface area contributed by atoms with Crippen LogP contribution in [-0.4, -0.2) is 31.0 Å². The number of carbonyl (C=O) groups excluding carboxylic acids is 2. The second-order valence-corrected chi connectivity index (χ2v) is 2.07. The van der Waals surface area contributed by atoms with Crippen molar-refractivity contribution in [3.8, 4) is 0 Å². The molecule has 0 bridgehead atoms. The third-order valence-electron chi connectivity index (χ3n) is 0.741. The van der Waals surface area contributed by atoms with Crippen LogP contribution >= 0.6 is 11.6 Å². The van der Waals surface area contributed by atoms with Gasteiger partial charge in [-0.15, -0.1) is 0 Å². The molecule has 0 saturated heterocycles. The number of hydrogen-bond acceptors (Lipinski definition) is 4. The number of rotatable bonds is 5. The van der Waals surface area contributed by atoms with E-state index < -0.39 is 11.2 Å². The van der Waals surface area contributed by atoms with Crippen molar-refractivity contribution in [2.75, 3.05) is 19.8 Å². The van der Waals surface area contributed by atoms with Gasteiger partial charge in [0.15, 0.2) is 0 Å². The predicted molar refractivity (Wildman–Crippen MR) is 38.3 cm³/mol. The summed E-state index contributed by atoms with van der Waals surface area (Å²) in [5.74, 6) is -0.495. The Bertz CT molecular complexity index is 146. The smallest absolute Gasteiger partial charge is 0.332 e. The summed E-state index contributed by atoms with van der Waals surface area (Å²) >= 11 is 4.92. The van der Waals surface area contributed by atoms with Crippen LogP contribution in [0.2, 0.25) is 0 Å². The van der Waals surface area contributed by atoms with Crippen LogP contribution in [0.4, 0.5) is 0 Å². The van der Waals surface area contributed by atoms with E-state index in [0.717, 1.165) is 0 Å². The van der Waals surface area contributed by atoms with Gasteiger partial charge in [0.25, 0.3) is 0 Å². The third kappa shape index (κ3) is 7.29. The molecule has 0 unspecified atom stereocenters. The molecule has 0 saturated carbocycles. The zero-order valence-electron chi connectivity index (χ0n) is 6.13. The molecule has 0 aliphatic rings. The van der Waals surface area contributed by atoms with Gasteiger partial charge in [-0.05, 0) is 18.5 Å². The second-order valence-electron chi connectivity index (χ2n) is 1.65. The molecule has 11 heavy (non-hydrogen) atoms. The predicted octanol–water partition coefficient (Wildman–Crippen LogP) is 0.331. The number of esters is 1. The molecule has 4 nitrogen and oxygen atoms in total. The van der Waals surface area contributed by atoms with Gasteiger partial charge >= 0.3 is 5.97 Å². The molecule has 0 aromatic carbocycles. The highest BCUT2D eigenvalue weighted by Gasteiger charge is 2.02. The lowest BCUT2D eigenvalue weighted by Gasteiger charge is -2.00. The van der Waals surface area contributed by atoms with Crippen molar-refractivity contribution in [2.45, 2.75) is 6.92 Å². The van der Waals surface area contributed by atoms with Gasteiger partial charge in [0.2, 0.25) is 5.24 Å².